The number of aromatic nitrogens is 2. The Bertz CT molecular complexity index is 628. The van der Waals surface area contributed by atoms with Crippen LogP contribution in [0, 0.1) is 0 Å². The monoisotopic (exact) mass is 332 g/mol. The highest BCUT2D eigenvalue weighted by molar-refractivity contribution is 5.74. The molecule has 0 aliphatic carbocycles. The van der Waals surface area contributed by atoms with Gasteiger partial charge in [-0.1, -0.05) is 12.1 Å². The van der Waals surface area contributed by atoms with E-state index in [0.29, 0.717) is 0 Å². The molecule has 1 aromatic carbocycles. The fourth-order valence-corrected chi connectivity index (χ4v) is 2.37. The number of methoxy groups -OCH3 is 1. The molecule has 0 aliphatic heterocycles. The second-order valence-electron chi connectivity index (χ2n) is 5.72. The van der Waals surface area contributed by atoms with Crippen molar-refractivity contribution in [2.24, 2.45) is 0 Å². The Morgan fingerprint density at radius 1 is 1.42 bits per heavy atom. The predicted molar refractivity (Wildman–Crippen MR) is 91.0 cm³/mol. The molecule has 0 unspecified atom stereocenters. The number of benzene rings is 1. The zero-order valence-corrected chi connectivity index (χ0v) is 14.2. The topological polar surface area (TPSA) is 79.6 Å². The molecule has 1 heterocycles. The summed E-state index contributed by atoms with van der Waals surface area (Å²) in [5.41, 5.74) is 2.01. The van der Waals surface area contributed by atoms with Crippen LogP contribution in [-0.4, -0.2) is 59.0 Å². The van der Waals surface area contributed by atoms with Gasteiger partial charge in [-0.2, -0.15) is 0 Å². The van der Waals surface area contributed by atoms with Crippen LogP contribution < -0.4 is 5.32 Å². The molecule has 1 aromatic heterocycles. The zero-order chi connectivity index (χ0) is 17.5. The second kappa shape index (κ2) is 8.47. The molecule has 0 saturated carbocycles. The van der Waals surface area contributed by atoms with E-state index in [1.54, 1.807) is 19.6 Å². The van der Waals surface area contributed by atoms with Crippen LogP contribution in [0.5, 0.6) is 0 Å². The van der Waals surface area contributed by atoms with Crippen molar-refractivity contribution in [1.29, 1.82) is 0 Å². The molecule has 130 valence electrons. The van der Waals surface area contributed by atoms with Gasteiger partial charge in [0.15, 0.2) is 0 Å². The van der Waals surface area contributed by atoms with Gasteiger partial charge in [-0.3, -0.25) is 0 Å². The number of nitrogens with one attached hydrogen (secondary N) is 1. The van der Waals surface area contributed by atoms with Gasteiger partial charge in [-0.15, -0.1) is 0 Å². The lowest BCUT2D eigenvalue weighted by molar-refractivity contribution is 0.0488. The van der Waals surface area contributed by atoms with Crippen molar-refractivity contribution < 1.29 is 14.6 Å². The first-order valence-corrected chi connectivity index (χ1v) is 7.78. The number of carbonyl (C=O) groups excluding carboxylic acids is 1. The molecule has 2 amide bonds. The van der Waals surface area contributed by atoms with E-state index in [1.165, 1.54) is 12.0 Å². The summed E-state index contributed by atoms with van der Waals surface area (Å²) in [5.74, 6) is 0. The van der Waals surface area contributed by atoms with E-state index in [1.807, 2.05) is 42.0 Å². The highest BCUT2D eigenvalue weighted by Crippen LogP contribution is 2.16. The van der Waals surface area contributed by atoms with Crippen LogP contribution in [0.3, 0.4) is 0 Å². The number of rotatable bonds is 7. The van der Waals surface area contributed by atoms with Crippen LogP contribution in [-0.2, 0) is 4.74 Å². The number of likely N-dealkylation sites (N-methyl/N-ethyl adjacent to an activating group) is 1. The number of imidazole rings is 1. The number of nitrogens with zero attached hydrogens (tertiary/aromatic N) is 3. The Hall–Kier alpha value is -2.38. The number of hydrogen-bond acceptors (Lipinski definition) is 4. The van der Waals surface area contributed by atoms with Crippen LogP contribution in [0.2, 0.25) is 0 Å². The van der Waals surface area contributed by atoms with Crippen molar-refractivity contribution in [3.63, 3.8) is 0 Å². The van der Waals surface area contributed by atoms with Gasteiger partial charge in [0.2, 0.25) is 0 Å². The fraction of sp³-hybridized carbons (Fsp3) is 0.412. The molecule has 7 heteroatoms. The molecular weight excluding hydrogens is 308 g/mol. The van der Waals surface area contributed by atoms with E-state index in [0.717, 1.165) is 11.3 Å². The highest BCUT2D eigenvalue weighted by atomic mass is 16.5. The van der Waals surface area contributed by atoms with Gasteiger partial charge in [-0.05, 0) is 24.6 Å². The van der Waals surface area contributed by atoms with Crippen molar-refractivity contribution >= 4 is 6.03 Å². The molecule has 0 saturated heterocycles. The number of aliphatic hydroxyl groups is 1. The SMILES string of the molecule is COC[C@H](O)CN(C)C(=O)N[C@H](C)c1ccc(-n2ccnc2)cc1. The molecule has 7 nitrogen and oxygen atoms in total. The molecule has 0 fully saturated rings. The maximum atomic E-state index is 12.2. The van der Waals surface area contributed by atoms with Gasteiger partial charge in [-0.25, -0.2) is 9.78 Å². The van der Waals surface area contributed by atoms with E-state index in [2.05, 4.69) is 10.3 Å². The van der Waals surface area contributed by atoms with Crippen molar-refractivity contribution in [2.45, 2.75) is 19.1 Å². The Balaban J connectivity index is 1.91. The molecule has 2 atom stereocenters. The van der Waals surface area contributed by atoms with E-state index >= 15 is 0 Å². The first-order chi connectivity index (χ1) is 11.5. The van der Waals surface area contributed by atoms with Crippen LogP contribution in [0.1, 0.15) is 18.5 Å². The fourth-order valence-electron chi connectivity index (χ4n) is 2.37. The minimum atomic E-state index is -0.699. The summed E-state index contributed by atoms with van der Waals surface area (Å²) >= 11 is 0. The molecule has 0 bridgehead atoms. The Morgan fingerprint density at radius 2 is 2.12 bits per heavy atom. The molecular formula is C17H24N4O3. The molecule has 24 heavy (non-hydrogen) atoms. The quantitative estimate of drug-likeness (QED) is 0.807. The van der Waals surface area contributed by atoms with Gasteiger partial charge < -0.3 is 24.6 Å². The number of amides is 2. The van der Waals surface area contributed by atoms with Crippen molar-refractivity contribution in [3.8, 4) is 5.69 Å². The third-order valence-corrected chi connectivity index (χ3v) is 3.73. The number of urea groups is 1. The Morgan fingerprint density at radius 3 is 2.71 bits per heavy atom. The maximum absolute atomic E-state index is 12.2. The van der Waals surface area contributed by atoms with E-state index in [-0.39, 0.29) is 25.2 Å². The minimum absolute atomic E-state index is 0.142. The third-order valence-electron chi connectivity index (χ3n) is 3.73. The lowest BCUT2D eigenvalue weighted by Gasteiger charge is -2.23. The number of aliphatic hydroxyl groups excluding tert-OH is 1. The van der Waals surface area contributed by atoms with Crippen LogP contribution in [0.4, 0.5) is 4.79 Å². The first kappa shape index (κ1) is 18.0. The summed E-state index contributed by atoms with van der Waals surface area (Å²) in [7, 11) is 3.15. The number of hydrogen-bond donors (Lipinski definition) is 2. The van der Waals surface area contributed by atoms with Crippen molar-refractivity contribution in [2.75, 3.05) is 27.3 Å². The van der Waals surface area contributed by atoms with Gasteiger partial charge in [0.1, 0.15) is 0 Å². The number of ether oxygens (including phenoxy) is 1. The standard InChI is InChI=1S/C17H24N4O3/c1-13(19-17(23)20(2)10-16(22)11-24-3)14-4-6-15(7-5-14)21-9-8-18-12-21/h4-9,12-13,16,22H,10-11H2,1-3H3,(H,19,23)/t13-,16-/m1/s1. The lowest BCUT2D eigenvalue weighted by Crippen LogP contribution is -2.43. The van der Waals surface area contributed by atoms with E-state index in [4.69, 9.17) is 4.74 Å². The molecule has 2 N–H and O–H groups in total. The van der Waals surface area contributed by atoms with Gasteiger partial charge in [0.25, 0.3) is 0 Å². The molecule has 0 aliphatic rings. The van der Waals surface area contributed by atoms with Gasteiger partial charge >= 0.3 is 6.03 Å². The summed E-state index contributed by atoms with van der Waals surface area (Å²) in [6.07, 6.45) is 4.64. The Kier molecular flexibility index (Phi) is 6.34. The summed E-state index contributed by atoms with van der Waals surface area (Å²) in [6, 6.07) is 7.52. The molecule has 2 rings (SSSR count). The van der Waals surface area contributed by atoms with E-state index < -0.39 is 6.10 Å². The van der Waals surface area contributed by atoms with Gasteiger partial charge in [0.05, 0.1) is 31.6 Å². The second-order valence-corrected chi connectivity index (χ2v) is 5.72. The average molecular weight is 332 g/mol. The lowest BCUT2D eigenvalue weighted by atomic mass is 10.1. The first-order valence-electron chi connectivity index (χ1n) is 7.78. The average Bonchev–Trinajstić information content (AvgIpc) is 3.09. The maximum Gasteiger partial charge on any atom is 0.317 e. The molecule has 0 spiro atoms. The third kappa shape index (κ3) is 4.81. The van der Waals surface area contributed by atoms with Crippen LogP contribution >= 0.6 is 0 Å². The largest absolute Gasteiger partial charge is 0.389 e. The Labute approximate surface area is 141 Å². The van der Waals surface area contributed by atoms with Gasteiger partial charge in [0, 0.05) is 32.2 Å². The van der Waals surface area contributed by atoms with Crippen LogP contribution in [0.25, 0.3) is 5.69 Å². The summed E-state index contributed by atoms with van der Waals surface area (Å²) in [6.45, 7) is 2.33. The van der Waals surface area contributed by atoms with Crippen molar-refractivity contribution in [1.82, 2.24) is 19.8 Å². The van der Waals surface area contributed by atoms with Crippen molar-refractivity contribution in [3.05, 3.63) is 48.5 Å². The predicted octanol–water partition coefficient (Wildman–Crippen LogP) is 1.58. The number of carbonyl (C=O) groups is 1. The summed E-state index contributed by atoms with van der Waals surface area (Å²) in [5, 5.41) is 12.6. The summed E-state index contributed by atoms with van der Waals surface area (Å²) < 4.78 is 6.78. The summed E-state index contributed by atoms with van der Waals surface area (Å²) in [4.78, 5) is 17.6. The molecule has 0 radical (unpaired) electrons. The normalized spacial score (nSPS) is 13.3. The smallest absolute Gasteiger partial charge is 0.317 e. The highest BCUT2D eigenvalue weighted by Gasteiger charge is 2.16. The van der Waals surface area contributed by atoms with E-state index in [9.17, 15) is 9.90 Å². The van der Waals surface area contributed by atoms with Crippen LogP contribution in [0.15, 0.2) is 43.0 Å². The zero-order valence-electron chi connectivity index (χ0n) is 14.2. The minimum Gasteiger partial charge on any atom is -0.389 e. The molecule has 2 aromatic rings.